The molecule has 0 radical (unpaired) electrons. The Kier molecular flexibility index (Phi) is 1.63. The van der Waals surface area contributed by atoms with E-state index in [1.165, 1.54) is 12.1 Å². The van der Waals surface area contributed by atoms with Gasteiger partial charge >= 0.3 is 0 Å². The summed E-state index contributed by atoms with van der Waals surface area (Å²) in [7, 11) is -4.16. The lowest BCUT2D eigenvalue weighted by molar-refractivity contribution is 0.483. The van der Waals surface area contributed by atoms with Crippen molar-refractivity contribution in [1.29, 1.82) is 0 Å². The number of benzene rings is 1. The van der Waals surface area contributed by atoms with E-state index >= 15 is 0 Å². The Hall–Kier alpha value is -0.870. The van der Waals surface area contributed by atoms with Crippen LogP contribution in [0.3, 0.4) is 0 Å². The Bertz CT molecular complexity index is 397. The quantitative estimate of drug-likeness (QED) is 0.650. The molecule has 0 aliphatic rings. The van der Waals surface area contributed by atoms with Crippen molar-refractivity contribution in [3.8, 4) is 0 Å². The van der Waals surface area contributed by atoms with Crippen molar-refractivity contribution in [3.05, 3.63) is 29.8 Å². The molecule has 1 N–H and O–H groups in total. The summed E-state index contributed by atoms with van der Waals surface area (Å²) in [6.07, 6.45) is 0. The van der Waals surface area contributed by atoms with E-state index in [-0.39, 0.29) is 10.9 Å². The molecule has 0 saturated heterocycles. The van der Waals surface area contributed by atoms with E-state index in [9.17, 15) is 8.42 Å². The molecule has 0 atom stereocenters. The van der Waals surface area contributed by atoms with Crippen molar-refractivity contribution < 1.29 is 14.3 Å². The van der Waals surface area contributed by atoms with Crippen LogP contribution in [0.4, 0.5) is 0 Å². The summed E-state index contributed by atoms with van der Waals surface area (Å²) >= 11 is 0. The molecule has 0 heterocycles. The molecule has 11 heavy (non-hydrogen) atoms. The third-order valence-corrected chi connectivity index (χ3v) is 2.09. The molecule has 0 aromatic heterocycles. The molecule has 0 aliphatic heterocycles. The summed E-state index contributed by atoms with van der Waals surface area (Å²) in [5.41, 5.74) is 0.669. The Morgan fingerprint density at radius 1 is 1.45 bits per heavy atom. The smallest absolute Gasteiger partial charge is 0.282 e. The van der Waals surface area contributed by atoms with Gasteiger partial charge in [-0.2, -0.15) is 8.42 Å². The zero-order chi connectivity index (χ0) is 9.35. The predicted octanol–water partition coefficient (Wildman–Crippen LogP) is 1.24. The van der Waals surface area contributed by atoms with Gasteiger partial charge in [0, 0.05) is 0 Å². The molecule has 0 aliphatic carbocycles. The summed E-state index contributed by atoms with van der Waals surface area (Å²) in [6.45, 7) is 1.69. The maximum Gasteiger partial charge on any atom is 0.294 e. The summed E-state index contributed by atoms with van der Waals surface area (Å²) in [5.74, 6) is 0. The third-order valence-electron chi connectivity index (χ3n) is 1.24. The van der Waals surface area contributed by atoms with Crippen LogP contribution in [0.1, 0.15) is 6.93 Å². The van der Waals surface area contributed by atoms with Gasteiger partial charge in [0.05, 0.1) is 6.27 Å². The van der Waals surface area contributed by atoms with Gasteiger partial charge in [-0.25, -0.2) is 0 Å². The lowest BCUT2D eigenvalue weighted by atomic mass is 10.2. The molecular formula is C7H8O3S. The second-order valence-corrected chi connectivity index (χ2v) is 3.60. The second-order valence-electron chi connectivity index (χ2n) is 2.18. The second kappa shape index (κ2) is 2.64. The molecule has 0 fully saturated rings. The van der Waals surface area contributed by atoms with Crippen LogP contribution in [-0.4, -0.2) is 13.0 Å². The summed E-state index contributed by atoms with van der Waals surface area (Å²) < 4.78 is 37.0. The lowest BCUT2D eigenvalue weighted by Gasteiger charge is -1.95. The van der Waals surface area contributed by atoms with Crippen molar-refractivity contribution in [3.63, 3.8) is 0 Å². The highest BCUT2D eigenvalue weighted by Crippen LogP contribution is 2.08. The molecule has 1 aromatic carbocycles. The van der Waals surface area contributed by atoms with Crippen molar-refractivity contribution in [2.45, 2.75) is 11.8 Å². The van der Waals surface area contributed by atoms with Gasteiger partial charge in [-0.3, -0.25) is 4.55 Å². The van der Waals surface area contributed by atoms with Crippen LogP contribution in [0, 0.1) is 6.92 Å². The highest BCUT2D eigenvalue weighted by molar-refractivity contribution is 7.85. The summed E-state index contributed by atoms with van der Waals surface area (Å²) in [6, 6.07) is 3.96. The van der Waals surface area contributed by atoms with E-state index in [2.05, 4.69) is 0 Å². The van der Waals surface area contributed by atoms with E-state index < -0.39 is 10.1 Å². The summed E-state index contributed by atoms with van der Waals surface area (Å²) in [5, 5.41) is 0. The average molecular weight is 173 g/mol. The van der Waals surface area contributed by atoms with Gasteiger partial charge in [0.25, 0.3) is 10.1 Å². The fourth-order valence-corrected chi connectivity index (χ4v) is 1.10. The van der Waals surface area contributed by atoms with Crippen LogP contribution in [0.2, 0.25) is 0 Å². The van der Waals surface area contributed by atoms with Crippen LogP contribution in [0.25, 0.3) is 0 Å². The standard InChI is InChI=1S/C7H8O3S/c1-6-2-4-7(5-3-6)11(8,9)10/h2-5H,1H3,(H,8,9,10)/i2D. The van der Waals surface area contributed by atoms with Crippen molar-refractivity contribution in [1.82, 2.24) is 0 Å². The number of rotatable bonds is 1. The Balaban J connectivity index is 3.33. The first kappa shape index (κ1) is 6.82. The van der Waals surface area contributed by atoms with E-state index in [1.807, 2.05) is 0 Å². The first-order valence-electron chi connectivity index (χ1n) is 3.46. The molecule has 0 saturated carbocycles. The van der Waals surface area contributed by atoms with Crippen LogP contribution >= 0.6 is 0 Å². The average Bonchev–Trinajstić information content (AvgIpc) is 1.92. The SMILES string of the molecule is [2H]c1cc(S(=O)(=O)O)ccc1C. The van der Waals surface area contributed by atoms with Gasteiger partial charge in [0.2, 0.25) is 0 Å². The number of aryl methyl sites for hydroxylation is 1. The van der Waals surface area contributed by atoms with Crippen molar-refractivity contribution in [2.75, 3.05) is 0 Å². The molecule has 0 bridgehead atoms. The van der Waals surface area contributed by atoms with Crippen LogP contribution in [-0.2, 0) is 10.1 Å². The lowest BCUT2D eigenvalue weighted by Crippen LogP contribution is -1.96. The topological polar surface area (TPSA) is 54.4 Å². The highest BCUT2D eigenvalue weighted by atomic mass is 32.2. The molecule has 4 heteroatoms. The Labute approximate surface area is 66.8 Å². The predicted molar refractivity (Wildman–Crippen MR) is 41.0 cm³/mol. The van der Waals surface area contributed by atoms with E-state index in [0.717, 1.165) is 6.07 Å². The van der Waals surface area contributed by atoms with Crippen LogP contribution in [0.5, 0.6) is 0 Å². The molecule has 3 nitrogen and oxygen atoms in total. The first-order chi connectivity index (χ1) is 5.41. The minimum Gasteiger partial charge on any atom is -0.282 e. The van der Waals surface area contributed by atoms with Gasteiger partial charge in [-0.05, 0) is 19.1 Å². The number of hydrogen-bond donors (Lipinski definition) is 1. The third kappa shape index (κ3) is 2.03. The molecule has 1 rings (SSSR count). The Morgan fingerprint density at radius 3 is 2.55 bits per heavy atom. The minimum absolute atomic E-state index is 0.102. The molecule has 0 amide bonds. The maximum absolute atomic E-state index is 10.6. The fraction of sp³-hybridized carbons (Fsp3) is 0.143. The van der Waals surface area contributed by atoms with Gasteiger partial charge in [-0.15, -0.1) is 0 Å². The minimum atomic E-state index is -4.16. The Morgan fingerprint density at radius 2 is 2.09 bits per heavy atom. The van der Waals surface area contributed by atoms with E-state index in [1.54, 1.807) is 6.92 Å². The van der Waals surface area contributed by atoms with Gasteiger partial charge in [0.15, 0.2) is 0 Å². The summed E-state index contributed by atoms with van der Waals surface area (Å²) in [4.78, 5) is -0.238. The fourth-order valence-electron chi connectivity index (χ4n) is 0.649. The molecular weight excluding hydrogens is 164 g/mol. The number of hydrogen-bond acceptors (Lipinski definition) is 2. The van der Waals surface area contributed by atoms with Crippen molar-refractivity contribution in [2.24, 2.45) is 0 Å². The highest BCUT2D eigenvalue weighted by Gasteiger charge is 2.06. The van der Waals surface area contributed by atoms with E-state index in [4.69, 9.17) is 5.92 Å². The van der Waals surface area contributed by atoms with Crippen LogP contribution < -0.4 is 0 Å². The van der Waals surface area contributed by atoms with Gasteiger partial charge in [0.1, 0.15) is 0 Å². The molecule has 0 unspecified atom stereocenters. The van der Waals surface area contributed by atoms with E-state index in [0.29, 0.717) is 5.56 Å². The van der Waals surface area contributed by atoms with Crippen molar-refractivity contribution >= 4 is 10.1 Å². The first-order valence-corrected chi connectivity index (χ1v) is 4.40. The monoisotopic (exact) mass is 173 g/mol. The maximum atomic E-state index is 10.6. The van der Waals surface area contributed by atoms with Crippen LogP contribution in [0.15, 0.2) is 29.1 Å². The molecule has 1 aromatic rings. The van der Waals surface area contributed by atoms with Gasteiger partial charge < -0.3 is 0 Å². The molecule has 0 spiro atoms. The zero-order valence-corrected chi connectivity index (χ0v) is 6.72. The largest absolute Gasteiger partial charge is 0.294 e. The zero-order valence-electron chi connectivity index (χ0n) is 6.90. The van der Waals surface area contributed by atoms with Gasteiger partial charge in [-0.1, -0.05) is 17.7 Å². The normalized spacial score (nSPS) is 12.7. The molecule has 60 valence electrons.